The van der Waals surface area contributed by atoms with E-state index in [4.69, 9.17) is 0 Å². The highest BCUT2D eigenvalue weighted by Gasteiger charge is 2.07. The average Bonchev–Trinajstić information content (AvgIpc) is 2.88. The number of benzene rings is 2. The van der Waals surface area contributed by atoms with Gasteiger partial charge in [-0.3, -0.25) is 0 Å². The minimum Gasteiger partial charge on any atom is -0.508 e. The van der Waals surface area contributed by atoms with Crippen molar-refractivity contribution in [3.05, 3.63) is 59.1 Å². The first-order valence-electron chi connectivity index (χ1n) is 6.59. The van der Waals surface area contributed by atoms with Crippen molar-refractivity contribution in [2.45, 2.75) is 19.5 Å². The van der Waals surface area contributed by atoms with Crippen LogP contribution in [0.5, 0.6) is 5.75 Å². The second-order valence-corrected chi connectivity index (χ2v) is 5.88. The van der Waals surface area contributed by atoms with Crippen molar-refractivity contribution in [1.29, 1.82) is 0 Å². The molecule has 2 N–H and O–H groups in total. The molecule has 0 aliphatic carbocycles. The van der Waals surface area contributed by atoms with E-state index in [1.807, 2.05) is 30.3 Å². The van der Waals surface area contributed by atoms with Crippen molar-refractivity contribution in [2.75, 3.05) is 0 Å². The molecule has 0 bridgehead atoms. The highest BCUT2D eigenvalue weighted by molar-refractivity contribution is 7.18. The van der Waals surface area contributed by atoms with Gasteiger partial charge >= 0.3 is 0 Å². The fraction of sp³-hybridized carbons (Fsp3) is 0.188. The number of aromatic nitrogens is 1. The molecule has 0 aliphatic rings. The summed E-state index contributed by atoms with van der Waals surface area (Å²) in [5, 5.41) is 13.9. The van der Waals surface area contributed by atoms with E-state index in [0.29, 0.717) is 5.75 Å². The maximum absolute atomic E-state index is 9.30. The Morgan fingerprint density at radius 2 is 1.90 bits per heavy atom. The van der Waals surface area contributed by atoms with Crippen LogP contribution in [0.25, 0.3) is 10.2 Å². The summed E-state index contributed by atoms with van der Waals surface area (Å²) < 4.78 is 1.22. The molecule has 0 radical (unpaired) electrons. The summed E-state index contributed by atoms with van der Waals surface area (Å²) >= 11 is 1.72. The van der Waals surface area contributed by atoms with Gasteiger partial charge in [-0.1, -0.05) is 24.3 Å². The van der Waals surface area contributed by atoms with Gasteiger partial charge in [0.05, 0.1) is 10.2 Å². The lowest BCUT2D eigenvalue weighted by atomic mass is 10.1. The highest BCUT2D eigenvalue weighted by Crippen LogP contribution is 2.22. The normalized spacial score (nSPS) is 12.7. The van der Waals surface area contributed by atoms with Gasteiger partial charge in [0.2, 0.25) is 0 Å². The molecule has 1 unspecified atom stereocenters. The highest BCUT2D eigenvalue weighted by atomic mass is 32.1. The molecule has 1 atom stereocenters. The molecule has 3 aromatic rings. The van der Waals surface area contributed by atoms with E-state index in [-0.39, 0.29) is 6.04 Å². The number of para-hydroxylation sites is 1. The molecule has 3 rings (SSSR count). The second kappa shape index (κ2) is 5.61. The summed E-state index contributed by atoms with van der Waals surface area (Å²) in [5.74, 6) is 0.298. The Bertz CT molecular complexity index is 673. The third kappa shape index (κ3) is 2.81. The van der Waals surface area contributed by atoms with Gasteiger partial charge in [0.15, 0.2) is 0 Å². The van der Waals surface area contributed by atoms with Crippen molar-refractivity contribution >= 4 is 21.6 Å². The van der Waals surface area contributed by atoms with Crippen LogP contribution in [-0.4, -0.2) is 10.1 Å². The van der Waals surface area contributed by atoms with Crippen molar-refractivity contribution in [3.8, 4) is 5.75 Å². The van der Waals surface area contributed by atoms with Gasteiger partial charge in [-0.05, 0) is 36.8 Å². The van der Waals surface area contributed by atoms with Crippen molar-refractivity contribution in [1.82, 2.24) is 10.3 Å². The molecule has 1 heterocycles. The summed E-state index contributed by atoms with van der Waals surface area (Å²) in [7, 11) is 0. The van der Waals surface area contributed by atoms with E-state index < -0.39 is 0 Å². The number of hydrogen-bond acceptors (Lipinski definition) is 4. The minimum atomic E-state index is 0.225. The predicted octanol–water partition coefficient (Wildman–Crippen LogP) is 3.85. The van der Waals surface area contributed by atoms with Gasteiger partial charge in [0.25, 0.3) is 0 Å². The van der Waals surface area contributed by atoms with E-state index >= 15 is 0 Å². The molecule has 20 heavy (non-hydrogen) atoms. The maximum Gasteiger partial charge on any atom is 0.115 e. The Kier molecular flexibility index (Phi) is 3.67. The van der Waals surface area contributed by atoms with E-state index in [1.54, 1.807) is 23.5 Å². The van der Waals surface area contributed by atoms with Crippen molar-refractivity contribution in [3.63, 3.8) is 0 Å². The molecule has 3 nitrogen and oxygen atoms in total. The lowest BCUT2D eigenvalue weighted by Crippen LogP contribution is -2.17. The molecule has 0 fully saturated rings. The fourth-order valence-electron chi connectivity index (χ4n) is 2.12. The van der Waals surface area contributed by atoms with Crippen molar-refractivity contribution in [2.24, 2.45) is 0 Å². The molecular weight excluding hydrogens is 268 g/mol. The summed E-state index contributed by atoms with van der Waals surface area (Å²) in [6, 6.07) is 15.7. The first-order valence-corrected chi connectivity index (χ1v) is 7.41. The summed E-state index contributed by atoms with van der Waals surface area (Å²) in [5.41, 5.74) is 2.22. The van der Waals surface area contributed by atoms with Crippen LogP contribution in [0, 0.1) is 0 Å². The number of phenolic OH excluding ortho intramolecular Hbond substituents is 1. The number of hydrogen-bond donors (Lipinski definition) is 2. The smallest absolute Gasteiger partial charge is 0.115 e. The van der Waals surface area contributed by atoms with E-state index in [9.17, 15) is 5.11 Å². The van der Waals surface area contributed by atoms with E-state index in [2.05, 4.69) is 23.3 Å². The Balaban J connectivity index is 1.68. The lowest BCUT2D eigenvalue weighted by molar-refractivity contribution is 0.474. The number of phenols is 1. The van der Waals surface area contributed by atoms with Gasteiger partial charge in [-0.15, -0.1) is 11.3 Å². The van der Waals surface area contributed by atoms with E-state index in [0.717, 1.165) is 22.6 Å². The molecule has 0 saturated heterocycles. The Hall–Kier alpha value is -1.91. The van der Waals surface area contributed by atoms with Gasteiger partial charge in [0, 0.05) is 12.6 Å². The zero-order valence-corrected chi connectivity index (χ0v) is 12.0. The Morgan fingerprint density at radius 1 is 1.15 bits per heavy atom. The lowest BCUT2D eigenvalue weighted by Gasteiger charge is -2.13. The predicted molar refractivity (Wildman–Crippen MR) is 83.0 cm³/mol. The Morgan fingerprint density at radius 3 is 2.65 bits per heavy atom. The van der Waals surface area contributed by atoms with E-state index in [1.165, 1.54) is 4.70 Å². The third-order valence-corrected chi connectivity index (χ3v) is 4.33. The minimum absolute atomic E-state index is 0.225. The summed E-state index contributed by atoms with van der Waals surface area (Å²) in [6.45, 7) is 2.86. The van der Waals surface area contributed by atoms with Gasteiger partial charge < -0.3 is 10.4 Å². The standard InChI is InChI=1S/C16H16N2OS/c1-11(12-6-8-13(19)9-7-12)17-10-16-18-14-4-2-3-5-15(14)20-16/h2-9,11,17,19H,10H2,1H3. The largest absolute Gasteiger partial charge is 0.508 e. The topological polar surface area (TPSA) is 45.2 Å². The number of fused-ring (bicyclic) bond motifs is 1. The molecule has 2 aromatic carbocycles. The average molecular weight is 284 g/mol. The number of nitrogens with zero attached hydrogens (tertiary/aromatic N) is 1. The number of thiazole rings is 1. The van der Waals surface area contributed by atoms with Gasteiger partial charge in [-0.2, -0.15) is 0 Å². The van der Waals surface area contributed by atoms with Crippen LogP contribution in [0.2, 0.25) is 0 Å². The molecule has 1 aromatic heterocycles. The summed E-state index contributed by atoms with van der Waals surface area (Å²) in [4.78, 5) is 4.61. The van der Waals surface area contributed by atoms with Crippen LogP contribution in [0.15, 0.2) is 48.5 Å². The number of rotatable bonds is 4. The maximum atomic E-state index is 9.30. The first-order chi connectivity index (χ1) is 9.72. The fourth-order valence-corrected chi connectivity index (χ4v) is 3.04. The van der Waals surface area contributed by atoms with Crippen molar-refractivity contribution < 1.29 is 5.11 Å². The quantitative estimate of drug-likeness (QED) is 0.765. The number of nitrogens with one attached hydrogen (secondary N) is 1. The molecule has 0 spiro atoms. The monoisotopic (exact) mass is 284 g/mol. The van der Waals surface area contributed by atoms with Crippen LogP contribution in [0.4, 0.5) is 0 Å². The third-order valence-electron chi connectivity index (χ3n) is 3.29. The van der Waals surface area contributed by atoms with Crippen LogP contribution >= 0.6 is 11.3 Å². The molecule has 0 aliphatic heterocycles. The van der Waals surface area contributed by atoms with Crippen LogP contribution in [0.3, 0.4) is 0 Å². The molecule has 102 valence electrons. The number of aromatic hydroxyl groups is 1. The van der Waals surface area contributed by atoms with Crippen LogP contribution in [-0.2, 0) is 6.54 Å². The second-order valence-electron chi connectivity index (χ2n) is 4.77. The van der Waals surface area contributed by atoms with Crippen LogP contribution < -0.4 is 5.32 Å². The van der Waals surface area contributed by atoms with Gasteiger partial charge in [-0.25, -0.2) is 4.98 Å². The zero-order chi connectivity index (χ0) is 13.9. The first kappa shape index (κ1) is 13.1. The summed E-state index contributed by atoms with van der Waals surface area (Å²) in [6.07, 6.45) is 0. The molecule has 0 amide bonds. The SMILES string of the molecule is CC(NCc1nc2ccccc2s1)c1ccc(O)cc1. The molecule has 4 heteroatoms. The van der Waals surface area contributed by atoms with Gasteiger partial charge in [0.1, 0.15) is 10.8 Å². The Labute approximate surface area is 121 Å². The molecule has 0 saturated carbocycles. The zero-order valence-electron chi connectivity index (χ0n) is 11.2. The molecular formula is C16H16N2OS. The van der Waals surface area contributed by atoms with Crippen LogP contribution in [0.1, 0.15) is 23.5 Å².